The zero-order valence-electron chi connectivity index (χ0n) is 17.2. The maximum absolute atomic E-state index is 12.9. The van der Waals surface area contributed by atoms with E-state index in [-0.39, 0.29) is 11.7 Å². The normalized spacial score (nSPS) is 16.7. The first kappa shape index (κ1) is 19.7. The quantitative estimate of drug-likeness (QED) is 0.491. The summed E-state index contributed by atoms with van der Waals surface area (Å²) in [4.78, 5) is 24.5. The third-order valence-electron chi connectivity index (χ3n) is 5.49. The van der Waals surface area contributed by atoms with Gasteiger partial charge in [-0.25, -0.2) is 9.97 Å². The number of ether oxygens (including phenoxy) is 1. The summed E-state index contributed by atoms with van der Waals surface area (Å²) in [7, 11) is 3.58. The Morgan fingerprint density at radius 2 is 2.00 bits per heavy atom. The lowest BCUT2D eigenvalue weighted by atomic mass is 10.1. The van der Waals surface area contributed by atoms with E-state index in [0.717, 1.165) is 16.9 Å². The number of aromatic nitrogens is 5. The minimum Gasteiger partial charge on any atom is -0.370 e. The van der Waals surface area contributed by atoms with Gasteiger partial charge >= 0.3 is 0 Å². The van der Waals surface area contributed by atoms with Crippen LogP contribution < -0.4 is 10.5 Å². The van der Waals surface area contributed by atoms with Crippen LogP contribution in [0, 0.1) is 0 Å². The van der Waals surface area contributed by atoms with Crippen LogP contribution in [0.4, 0.5) is 5.82 Å². The molecule has 1 saturated heterocycles. The van der Waals surface area contributed by atoms with E-state index in [0.29, 0.717) is 41.3 Å². The van der Waals surface area contributed by atoms with Crippen LogP contribution in [0.1, 0.15) is 11.7 Å². The van der Waals surface area contributed by atoms with E-state index in [1.165, 1.54) is 10.9 Å². The first-order valence-corrected chi connectivity index (χ1v) is 10.3. The van der Waals surface area contributed by atoms with Crippen LogP contribution in [0.5, 0.6) is 0 Å². The number of nitrogens with zero attached hydrogens (tertiary/aromatic N) is 6. The Balaban J connectivity index is 1.62. The van der Waals surface area contributed by atoms with Gasteiger partial charge in [0.15, 0.2) is 0 Å². The molecule has 0 amide bonds. The van der Waals surface area contributed by atoms with Crippen LogP contribution in [-0.2, 0) is 18.8 Å². The van der Waals surface area contributed by atoms with Crippen LogP contribution in [0.3, 0.4) is 0 Å². The highest BCUT2D eigenvalue weighted by molar-refractivity contribution is 6.30. The van der Waals surface area contributed by atoms with Crippen LogP contribution in [0.15, 0.2) is 53.8 Å². The van der Waals surface area contributed by atoms with Gasteiger partial charge in [-0.05, 0) is 18.2 Å². The Hall–Kier alpha value is -3.23. The molecule has 1 aromatic carbocycles. The SMILES string of the molecule is Cn1cc([C@H]2CN(c3cc4c(=O)n(C)cnc4c(-c4ccc(Cl)cc4)n3)CCO2)cn1. The van der Waals surface area contributed by atoms with Crippen molar-refractivity contribution >= 4 is 28.3 Å². The number of anilines is 1. The molecule has 4 heterocycles. The fourth-order valence-electron chi connectivity index (χ4n) is 3.84. The molecule has 31 heavy (non-hydrogen) atoms. The van der Waals surface area contributed by atoms with E-state index < -0.39 is 0 Å². The Morgan fingerprint density at radius 3 is 2.74 bits per heavy atom. The number of fused-ring (bicyclic) bond motifs is 1. The summed E-state index contributed by atoms with van der Waals surface area (Å²) >= 11 is 6.07. The first-order chi connectivity index (χ1) is 15.0. The lowest BCUT2D eigenvalue weighted by molar-refractivity contribution is 0.0395. The van der Waals surface area contributed by atoms with Gasteiger partial charge in [0, 0.05) is 49.5 Å². The summed E-state index contributed by atoms with van der Waals surface area (Å²) in [5.41, 5.74) is 3.00. The van der Waals surface area contributed by atoms with E-state index in [1.54, 1.807) is 11.7 Å². The van der Waals surface area contributed by atoms with E-state index in [1.807, 2.05) is 49.8 Å². The molecule has 8 nitrogen and oxygen atoms in total. The molecule has 0 spiro atoms. The van der Waals surface area contributed by atoms with Crippen molar-refractivity contribution in [2.24, 2.45) is 14.1 Å². The Bertz CT molecular complexity index is 1310. The van der Waals surface area contributed by atoms with Crippen LogP contribution in [-0.4, -0.2) is 44.0 Å². The fraction of sp³-hybridized carbons (Fsp3) is 0.273. The first-order valence-electron chi connectivity index (χ1n) is 9.97. The van der Waals surface area contributed by atoms with E-state index in [4.69, 9.17) is 21.3 Å². The molecule has 0 aliphatic carbocycles. The van der Waals surface area contributed by atoms with Crippen molar-refractivity contribution in [2.45, 2.75) is 6.10 Å². The standard InChI is InChI=1S/C22H21ClN6O2/c1-27-13-24-21-17(22(27)30)9-19(26-20(21)14-3-5-16(23)6-4-14)29-7-8-31-18(12-29)15-10-25-28(2)11-15/h3-6,9-11,13,18H,7-8,12H2,1-2H3/t18-/m1/s1. The van der Waals surface area contributed by atoms with Gasteiger partial charge in [0.25, 0.3) is 5.56 Å². The molecule has 0 radical (unpaired) electrons. The summed E-state index contributed by atoms with van der Waals surface area (Å²) in [6.45, 7) is 1.85. The highest BCUT2D eigenvalue weighted by Crippen LogP contribution is 2.31. The number of pyridine rings is 1. The van der Waals surface area contributed by atoms with Gasteiger partial charge in [0.2, 0.25) is 0 Å². The van der Waals surface area contributed by atoms with Crippen molar-refractivity contribution in [3.05, 3.63) is 70.0 Å². The van der Waals surface area contributed by atoms with Crippen molar-refractivity contribution in [1.82, 2.24) is 24.3 Å². The van der Waals surface area contributed by atoms with Gasteiger partial charge in [-0.15, -0.1) is 0 Å². The minimum atomic E-state index is -0.115. The van der Waals surface area contributed by atoms with Gasteiger partial charge in [-0.1, -0.05) is 23.7 Å². The van der Waals surface area contributed by atoms with Gasteiger partial charge in [0.05, 0.1) is 30.2 Å². The second-order valence-electron chi connectivity index (χ2n) is 7.65. The summed E-state index contributed by atoms with van der Waals surface area (Å²) in [5, 5.41) is 5.42. The van der Waals surface area contributed by atoms with Crippen molar-refractivity contribution in [3.8, 4) is 11.3 Å². The van der Waals surface area contributed by atoms with Gasteiger partial charge in [-0.3, -0.25) is 9.48 Å². The number of morpholine rings is 1. The number of aryl methyl sites for hydroxylation is 2. The average molecular weight is 437 g/mol. The minimum absolute atomic E-state index is 0.110. The predicted octanol–water partition coefficient (Wildman–Crippen LogP) is 2.96. The highest BCUT2D eigenvalue weighted by Gasteiger charge is 2.25. The lowest BCUT2D eigenvalue weighted by Gasteiger charge is -2.33. The molecule has 3 aromatic heterocycles. The summed E-state index contributed by atoms with van der Waals surface area (Å²) < 4.78 is 9.22. The molecular weight excluding hydrogens is 416 g/mol. The molecule has 1 aliphatic rings. The molecular formula is C22H21ClN6O2. The molecule has 1 fully saturated rings. The van der Waals surface area contributed by atoms with E-state index >= 15 is 0 Å². The predicted molar refractivity (Wildman–Crippen MR) is 119 cm³/mol. The second-order valence-corrected chi connectivity index (χ2v) is 8.08. The molecule has 9 heteroatoms. The second kappa shape index (κ2) is 7.79. The number of hydrogen-bond donors (Lipinski definition) is 0. The Morgan fingerprint density at radius 1 is 1.19 bits per heavy atom. The van der Waals surface area contributed by atoms with E-state index in [9.17, 15) is 4.79 Å². The molecule has 1 atom stereocenters. The molecule has 1 aliphatic heterocycles. The van der Waals surface area contributed by atoms with Crippen molar-refractivity contribution in [3.63, 3.8) is 0 Å². The summed E-state index contributed by atoms with van der Waals surface area (Å²) in [6, 6.07) is 9.24. The van der Waals surface area contributed by atoms with Gasteiger partial charge in [0.1, 0.15) is 17.4 Å². The fourth-order valence-corrected chi connectivity index (χ4v) is 3.97. The number of halogens is 1. The number of benzene rings is 1. The smallest absolute Gasteiger partial charge is 0.261 e. The summed E-state index contributed by atoms with van der Waals surface area (Å²) in [5.74, 6) is 0.722. The third kappa shape index (κ3) is 3.68. The highest BCUT2D eigenvalue weighted by atomic mass is 35.5. The average Bonchev–Trinajstić information content (AvgIpc) is 3.23. The van der Waals surface area contributed by atoms with Crippen LogP contribution in [0.25, 0.3) is 22.2 Å². The molecule has 5 rings (SSSR count). The molecule has 4 aromatic rings. The topological polar surface area (TPSA) is 78.1 Å². The molecule has 158 valence electrons. The van der Waals surface area contributed by atoms with Gasteiger partial charge in [-0.2, -0.15) is 5.10 Å². The zero-order chi connectivity index (χ0) is 21.5. The van der Waals surface area contributed by atoms with Crippen molar-refractivity contribution < 1.29 is 4.74 Å². The largest absolute Gasteiger partial charge is 0.370 e. The molecule has 0 N–H and O–H groups in total. The van der Waals surface area contributed by atoms with E-state index in [2.05, 4.69) is 15.0 Å². The van der Waals surface area contributed by atoms with Crippen LogP contribution in [0.2, 0.25) is 5.02 Å². The zero-order valence-corrected chi connectivity index (χ0v) is 18.0. The molecule has 0 unspecified atom stereocenters. The maximum Gasteiger partial charge on any atom is 0.261 e. The lowest BCUT2D eigenvalue weighted by Crippen LogP contribution is -2.39. The van der Waals surface area contributed by atoms with Crippen LogP contribution >= 0.6 is 11.6 Å². The Kier molecular flexibility index (Phi) is 4.95. The Labute approximate surface area is 183 Å². The number of hydrogen-bond acceptors (Lipinski definition) is 6. The third-order valence-corrected chi connectivity index (χ3v) is 5.75. The molecule has 0 bridgehead atoms. The monoisotopic (exact) mass is 436 g/mol. The maximum atomic E-state index is 12.9. The van der Waals surface area contributed by atoms with Crippen molar-refractivity contribution in [2.75, 3.05) is 24.6 Å². The summed E-state index contributed by atoms with van der Waals surface area (Å²) in [6.07, 6.45) is 5.19. The van der Waals surface area contributed by atoms with Gasteiger partial charge < -0.3 is 14.2 Å². The molecule has 0 saturated carbocycles. The number of rotatable bonds is 3. The van der Waals surface area contributed by atoms with Crippen molar-refractivity contribution in [1.29, 1.82) is 0 Å².